The van der Waals surface area contributed by atoms with Crippen molar-refractivity contribution in [2.75, 3.05) is 0 Å². The van der Waals surface area contributed by atoms with Crippen molar-refractivity contribution in [3.63, 3.8) is 0 Å². The van der Waals surface area contributed by atoms with Crippen molar-refractivity contribution >= 4 is 17.2 Å². The highest BCUT2D eigenvalue weighted by molar-refractivity contribution is 7.12. The minimum Gasteiger partial charge on any atom is -0.345 e. The van der Waals surface area contributed by atoms with Crippen LogP contribution in [0.15, 0.2) is 29.6 Å². The van der Waals surface area contributed by atoms with Gasteiger partial charge in [0.05, 0.1) is 10.9 Å². The summed E-state index contributed by atoms with van der Waals surface area (Å²) in [7, 11) is 0. The van der Waals surface area contributed by atoms with Crippen LogP contribution in [0.2, 0.25) is 0 Å². The van der Waals surface area contributed by atoms with E-state index < -0.39 is 0 Å². The van der Waals surface area contributed by atoms with Gasteiger partial charge >= 0.3 is 0 Å². The first-order valence-electron chi connectivity index (χ1n) is 7.62. The minimum absolute atomic E-state index is 0.0349. The van der Waals surface area contributed by atoms with Crippen LogP contribution in [0.5, 0.6) is 0 Å². The van der Waals surface area contributed by atoms with Gasteiger partial charge < -0.3 is 5.32 Å². The monoisotopic (exact) mass is 299 g/mol. The van der Waals surface area contributed by atoms with Crippen LogP contribution in [-0.4, -0.2) is 5.91 Å². The molecule has 3 heteroatoms. The van der Waals surface area contributed by atoms with E-state index in [1.54, 1.807) is 0 Å². The lowest BCUT2D eigenvalue weighted by Gasteiger charge is -2.20. The van der Waals surface area contributed by atoms with Crippen LogP contribution in [-0.2, 0) is 12.8 Å². The average Bonchev–Trinajstić information content (AvgIpc) is 2.93. The number of rotatable bonds is 3. The molecule has 1 unspecified atom stereocenters. The third-order valence-corrected chi connectivity index (χ3v) is 5.30. The van der Waals surface area contributed by atoms with Crippen LogP contribution in [0.4, 0.5) is 0 Å². The van der Waals surface area contributed by atoms with Gasteiger partial charge in [-0.15, -0.1) is 11.3 Å². The van der Waals surface area contributed by atoms with Crippen LogP contribution >= 0.6 is 11.3 Å². The summed E-state index contributed by atoms with van der Waals surface area (Å²) in [5.74, 6) is 0.0349. The summed E-state index contributed by atoms with van der Waals surface area (Å²) in [5.41, 5.74) is 5.21. The molecule has 1 N–H and O–H groups in total. The van der Waals surface area contributed by atoms with Crippen molar-refractivity contribution < 1.29 is 4.79 Å². The number of benzene rings is 1. The van der Waals surface area contributed by atoms with Gasteiger partial charge in [-0.25, -0.2) is 0 Å². The molecule has 0 fully saturated rings. The van der Waals surface area contributed by atoms with E-state index in [4.69, 9.17) is 0 Å². The molecule has 0 bridgehead atoms. The number of nitrogens with one attached hydrogen (secondary N) is 1. The molecule has 0 aliphatic heterocycles. The molecule has 2 aromatic rings. The van der Waals surface area contributed by atoms with Gasteiger partial charge in [-0.1, -0.05) is 18.2 Å². The van der Waals surface area contributed by atoms with Crippen molar-refractivity contribution in [1.29, 1.82) is 0 Å². The smallest absolute Gasteiger partial charge is 0.262 e. The van der Waals surface area contributed by atoms with Crippen molar-refractivity contribution in [2.24, 2.45) is 0 Å². The second kappa shape index (κ2) is 6.02. The quantitative estimate of drug-likeness (QED) is 0.892. The molecule has 1 heterocycles. The molecule has 110 valence electrons. The molecule has 0 spiro atoms. The van der Waals surface area contributed by atoms with Crippen LogP contribution in [0.1, 0.15) is 57.7 Å². The van der Waals surface area contributed by atoms with Crippen molar-refractivity contribution in [1.82, 2.24) is 5.32 Å². The predicted octanol–water partition coefficient (Wildman–Crippen LogP) is 4.43. The van der Waals surface area contributed by atoms with Gasteiger partial charge in [-0.05, 0) is 73.2 Å². The molecule has 21 heavy (non-hydrogen) atoms. The molecule has 1 aromatic heterocycles. The maximum Gasteiger partial charge on any atom is 0.262 e. The highest BCUT2D eigenvalue weighted by atomic mass is 32.1. The lowest BCUT2D eigenvalue weighted by atomic mass is 9.89. The van der Waals surface area contributed by atoms with E-state index in [1.807, 2.05) is 18.4 Å². The fraction of sp³-hybridized carbons (Fsp3) is 0.389. The van der Waals surface area contributed by atoms with Crippen LogP contribution in [0.3, 0.4) is 0 Å². The number of amides is 1. The molecular weight excluding hydrogens is 278 g/mol. The third-order valence-electron chi connectivity index (χ3n) is 4.29. The zero-order valence-corrected chi connectivity index (χ0v) is 13.4. The van der Waals surface area contributed by atoms with Crippen molar-refractivity contribution in [2.45, 2.75) is 45.6 Å². The highest BCUT2D eigenvalue weighted by Gasteiger charge is 2.16. The normalized spacial score (nSPS) is 15.3. The van der Waals surface area contributed by atoms with Gasteiger partial charge in [0.1, 0.15) is 0 Å². The van der Waals surface area contributed by atoms with Gasteiger partial charge in [-0.2, -0.15) is 0 Å². The minimum atomic E-state index is 0.0349. The topological polar surface area (TPSA) is 29.1 Å². The average molecular weight is 299 g/mol. The lowest BCUT2D eigenvalue weighted by Crippen LogP contribution is -2.26. The Balaban J connectivity index is 1.75. The van der Waals surface area contributed by atoms with Gasteiger partial charge in [0.15, 0.2) is 0 Å². The standard InChI is InChI=1S/C18H21NOS/c1-12-9-10-21-17(12)18(20)19-13(2)15-8-7-14-5-3-4-6-16(14)11-15/h7-11,13H,3-6H2,1-2H3,(H,19,20). The maximum absolute atomic E-state index is 12.3. The summed E-state index contributed by atoms with van der Waals surface area (Å²) < 4.78 is 0. The van der Waals surface area contributed by atoms with E-state index in [1.165, 1.54) is 53.7 Å². The van der Waals surface area contributed by atoms with Gasteiger partial charge in [-0.3, -0.25) is 4.79 Å². The first-order valence-corrected chi connectivity index (χ1v) is 8.50. The Labute approximate surface area is 130 Å². The van der Waals surface area contributed by atoms with E-state index in [-0.39, 0.29) is 11.9 Å². The van der Waals surface area contributed by atoms with Gasteiger partial charge in [0.25, 0.3) is 5.91 Å². The molecule has 0 radical (unpaired) electrons. The Hall–Kier alpha value is -1.61. The molecule has 0 saturated heterocycles. The summed E-state index contributed by atoms with van der Waals surface area (Å²) in [5, 5.41) is 5.08. The van der Waals surface area contributed by atoms with Crippen molar-refractivity contribution in [3.8, 4) is 0 Å². The number of thiophene rings is 1. The predicted molar refractivity (Wildman–Crippen MR) is 88.0 cm³/mol. The number of hydrogen-bond donors (Lipinski definition) is 1. The highest BCUT2D eigenvalue weighted by Crippen LogP contribution is 2.25. The van der Waals surface area contributed by atoms with E-state index in [9.17, 15) is 4.79 Å². The first kappa shape index (κ1) is 14.3. The van der Waals surface area contributed by atoms with Crippen molar-refractivity contribution in [3.05, 3.63) is 56.8 Å². The summed E-state index contributed by atoms with van der Waals surface area (Å²) in [6.45, 7) is 4.04. The Morgan fingerprint density at radius 3 is 2.67 bits per heavy atom. The van der Waals surface area contributed by atoms with Crippen LogP contribution in [0.25, 0.3) is 0 Å². The van der Waals surface area contributed by atoms with Crippen LogP contribution in [0, 0.1) is 6.92 Å². The summed E-state index contributed by atoms with van der Waals surface area (Å²) in [6, 6.07) is 8.72. The molecule has 1 aliphatic carbocycles. The SMILES string of the molecule is Cc1ccsc1C(=O)NC(C)c1ccc2c(c1)CCCC2. The van der Waals surface area contributed by atoms with E-state index >= 15 is 0 Å². The maximum atomic E-state index is 12.3. The molecule has 3 rings (SSSR count). The second-order valence-corrected chi connectivity index (χ2v) is 6.78. The molecule has 2 nitrogen and oxygen atoms in total. The Bertz CT molecular complexity index is 659. The Morgan fingerprint density at radius 2 is 1.95 bits per heavy atom. The number of carbonyl (C=O) groups excluding carboxylic acids is 1. The summed E-state index contributed by atoms with van der Waals surface area (Å²) in [4.78, 5) is 13.1. The van der Waals surface area contributed by atoms with E-state index in [0.29, 0.717) is 0 Å². The fourth-order valence-corrected chi connectivity index (χ4v) is 3.80. The number of carbonyl (C=O) groups is 1. The largest absolute Gasteiger partial charge is 0.345 e. The number of aryl methyl sites for hydroxylation is 3. The summed E-state index contributed by atoms with van der Waals surface area (Å²) >= 11 is 1.51. The fourth-order valence-electron chi connectivity index (χ4n) is 2.97. The van der Waals surface area contributed by atoms with Gasteiger partial charge in [0.2, 0.25) is 0 Å². The second-order valence-electron chi connectivity index (χ2n) is 5.86. The van der Waals surface area contributed by atoms with E-state index in [0.717, 1.165) is 10.4 Å². The third kappa shape index (κ3) is 3.03. The number of hydrogen-bond acceptors (Lipinski definition) is 2. The Kier molecular flexibility index (Phi) is 4.11. The molecule has 1 aromatic carbocycles. The molecule has 1 aliphatic rings. The summed E-state index contributed by atoms with van der Waals surface area (Å²) in [6.07, 6.45) is 4.96. The Morgan fingerprint density at radius 1 is 1.19 bits per heavy atom. The molecule has 0 saturated carbocycles. The zero-order chi connectivity index (χ0) is 14.8. The molecular formula is C18H21NOS. The van der Waals surface area contributed by atoms with E-state index in [2.05, 4.69) is 30.4 Å². The van der Waals surface area contributed by atoms with Crippen LogP contribution < -0.4 is 5.32 Å². The zero-order valence-electron chi connectivity index (χ0n) is 12.6. The molecule has 1 amide bonds. The van der Waals surface area contributed by atoms with Gasteiger partial charge in [0, 0.05) is 0 Å². The number of fused-ring (bicyclic) bond motifs is 1. The first-order chi connectivity index (χ1) is 10.1. The molecule has 1 atom stereocenters. The lowest BCUT2D eigenvalue weighted by molar-refractivity contribution is 0.0943.